The van der Waals surface area contributed by atoms with Crippen LogP contribution in [0.1, 0.15) is 59.1 Å². The summed E-state index contributed by atoms with van der Waals surface area (Å²) in [4.78, 5) is 2.33. The van der Waals surface area contributed by atoms with Gasteiger partial charge in [-0.2, -0.15) is 0 Å². The van der Waals surface area contributed by atoms with Crippen LogP contribution in [0.25, 0.3) is 0 Å². The van der Waals surface area contributed by atoms with Gasteiger partial charge < -0.3 is 9.47 Å². The van der Waals surface area contributed by atoms with Gasteiger partial charge in [0.15, 0.2) is 0 Å². The quantitative estimate of drug-likeness (QED) is 0.759. The molecule has 3 rings (SSSR count). The summed E-state index contributed by atoms with van der Waals surface area (Å²) >= 11 is 0. The van der Waals surface area contributed by atoms with E-state index in [0.29, 0.717) is 5.92 Å². The second-order valence-electron chi connectivity index (χ2n) is 7.92. The predicted molar refractivity (Wildman–Crippen MR) is 102 cm³/mol. The van der Waals surface area contributed by atoms with E-state index in [0.717, 1.165) is 38.2 Å². The number of ether oxygens (including phenoxy) is 2. The van der Waals surface area contributed by atoms with Crippen LogP contribution in [-0.2, 0) is 4.74 Å². The summed E-state index contributed by atoms with van der Waals surface area (Å²) in [5.74, 6) is 8.11. The van der Waals surface area contributed by atoms with Gasteiger partial charge in [0.1, 0.15) is 17.0 Å². The zero-order valence-corrected chi connectivity index (χ0v) is 16.3. The summed E-state index contributed by atoms with van der Waals surface area (Å²) in [6.07, 6.45) is 2.08. The Labute approximate surface area is 152 Å². The Kier molecular flexibility index (Phi) is 5.14. The molecule has 0 bridgehead atoms. The Morgan fingerprint density at radius 3 is 2.60 bits per heavy atom. The highest BCUT2D eigenvalue weighted by Crippen LogP contribution is 2.52. The number of fused-ring (bicyclic) bond motifs is 3. The Balaban J connectivity index is 1.83. The van der Waals surface area contributed by atoms with Crippen LogP contribution in [0, 0.1) is 17.8 Å². The first-order chi connectivity index (χ1) is 11.9. The first kappa shape index (κ1) is 18.3. The van der Waals surface area contributed by atoms with Gasteiger partial charge in [-0.1, -0.05) is 43.9 Å². The number of benzene rings is 1. The average Bonchev–Trinajstić information content (AvgIpc) is 2.58. The lowest BCUT2D eigenvalue weighted by atomic mass is 9.73. The molecule has 2 aliphatic heterocycles. The smallest absolute Gasteiger partial charge is 0.126 e. The van der Waals surface area contributed by atoms with Crippen LogP contribution in [0.5, 0.6) is 5.75 Å². The Hall–Kier alpha value is -1.50. The molecule has 3 nitrogen and oxygen atoms in total. The van der Waals surface area contributed by atoms with Crippen LogP contribution >= 0.6 is 0 Å². The fraction of sp³-hybridized carbons (Fsp3) is 0.636. The van der Waals surface area contributed by atoms with Crippen molar-refractivity contribution < 1.29 is 9.47 Å². The first-order valence-electron chi connectivity index (χ1n) is 9.56. The summed E-state index contributed by atoms with van der Waals surface area (Å²) in [6, 6.07) is 8.28. The SMILES string of the molecule is CCN(CC)CC#C[C@@]1(C)CC[C@H]2[C@H](O1)c1ccccc1OC2(C)C. The van der Waals surface area contributed by atoms with Crippen molar-refractivity contribution in [1.29, 1.82) is 0 Å². The third-order valence-electron chi connectivity index (χ3n) is 5.73. The third kappa shape index (κ3) is 3.71. The minimum absolute atomic E-state index is 0.0569. The van der Waals surface area contributed by atoms with Crippen LogP contribution in [0.4, 0.5) is 0 Å². The van der Waals surface area contributed by atoms with Crippen LogP contribution < -0.4 is 4.74 Å². The summed E-state index contributed by atoms with van der Waals surface area (Å²) in [7, 11) is 0. The van der Waals surface area contributed by atoms with Crippen LogP contribution in [0.3, 0.4) is 0 Å². The van der Waals surface area contributed by atoms with Crippen molar-refractivity contribution in [3.63, 3.8) is 0 Å². The van der Waals surface area contributed by atoms with E-state index >= 15 is 0 Å². The topological polar surface area (TPSA) is 21.7 Å². The number of hydrogen-bond acceptors (Lipinski definition) is 3. The zero-order chi connectivity index (χ0) is 18.1. The molecule has 0 aliphatic carbocycles. The van der Waals surface area contributed by atoms with Gasteiger partial charge in [-0.25, -0.2) is 0 Å². The first-order valence-corrected chi connectivity index (χ1v) is 9.56. The number of rotatable bonds is 3. The standard InChI is InChI=1S/C22H31NO2/c1-6-23(7-2)16-10-14-22(5)15-13-18-20(25-22)17-11-8-9-12-19(17)24-21(18,3)4/h8-9,11-12,18,20H,6-7,13,15-16H2,1-5H3/t18-,20+,22-/m0/s1. The molecule has 1 aromatic carbocycles. The summed E-state index contributed by atoms with van der Waals surface area (Å²) in [5, 5.41) is 0. The number of nitrogens with zero attached hydrogens (tertiary/aromatic N) is 1. The molecule has 0 radical (unpaired) electrons. The lowest BCUT2D eigenvalue weighted by Gasteiger charge is -2.50. The highest BCUT2D eigenvalue weighted by atomic mass is 16.5. The lowest BCUT2D eigenvalue weighted by Crippen LogP contribution is -2.50. The van der Waals surface area contributed by atoms with Gasteiger partial charge >= 0.3 is 0 Å². The molecule has 0 N–H and O–H groups in total. The van der Waals surface area contributed by atoms with Crippen molar-refractivity contribution >= 4 is 0 Å². The Bertz CT molecular complexity index is 668. The van der Waals surface area contributed by atoms with E-state index in [1.165, 1.54) is 5.56 Å². The monoisotopic (exact) mass is 341 g/mol. The maximum atomic E-state index is 6.62. The van der Waals surface area contributed by atoms with Crippen molar-refractivity contribution in [2.45, 2.75) is 64.8 Å². The third-order valence-corrected chi connectivity index (χ3v) is 5.73. The van der Waals surface area contributed by atoms with E-state index < -0.39 is 0 Å². The van der Waals surface area contributed by atoms with Crippen molar-refractivity contribution in [3.05, 3.63) is 29.8 Å². The van der Waals surface area contributed by atoms with Gasteiger partial charge in [-0.05, 0) is 52.8 Å². The largest absolute Gasteiger partial charge is 0.487 e. The van der Waals surface area contributed by atoms with Gasteiger partial charge in [0.2, 0.25) is 0 Å². The van der Waals surface area contributed by atoms with E-state index in [9.17, 15) is 0 Å². The Morgan fingerprint density at radius 1 is 1.16 bits per heavy atom. The van der Waals surface area contributed by atoms with E-state index in [4.69, 9.17) is 9.47 Å². The highest BCUT2D eigenvalue weighted by Gasteiger charge is 2.49. The molecule has 0 amide bonds. The Morgan fingerprint density at radius 2 is 1.88 bits per heavy atom. The molecule has 0 aromatic heterocycles. The molecule has 3 atom stereocenters. The van der Waals surface area contributed by atoms with Gasteiger partial charge in [-0.15, -0.1) is 0 Å². The maximum Gasteiger partial charge on any atom is 0.126 e. The van der Waals surface area contributed by atoms with Crippen molar-refractivity contribution in [2.24, 2.45) is 5.92 Å². The second-order valence-corrected chi connectivity index (χ2v) is 7.92. The highest BCUT2D eigenvalue weighted by molar-refractivity contribution is 5.39. The number of hydrogen-bond donors (Lipinski definition) is 0. The van der Waals surface area contributed by atoms with E-state index in [1.807, 2.05) is 6.07 Å². The van der Waals surface area contributed by atoms with Gasteiger partial charge in [0.05, 0.1) is 12.6 Å². The molecule has 3 heteroatoms. The van der Waals surface area contributed by atoms with Crippen LogP contribution in [-0.4, -0.2) is 35.7 Å². The molecule has 136 valence electrons. The lowest BCUT2D eigenvalue weighted by molar-refractivity contribution is -0.169. The molecule has 0 saturated carbocycles. The van der Waals surface area contributed by atoms with Crippen molar-refractivity contribution in [1.82, 2.24) is 4.90 Å². The normalized spacial score (nSPS) is 29.8. The summed E-state index contributed by atoms with van der Waals surface area (Å²) in [5.41, 5.74) is 0.576. The molecule has 0 unspecified atom stereocenters. The van der Waals surface area contributed by atoms with Gasteiger partial charge in [0.25, 0.3) is 0 Å². The molecule has 1 fully saturated rings. The molecular formula is C22H31NO2. The molecule has 2 heterocycles. The number of para-hydroxylation sites is 1. The van der Waals surface area contributed by atoms with E-state index in [1.54, 1.807) is 0 Å². The minimum Gasteiger partial charge on any atom is -0.487 e. The minimum atomic E-state index is -0.380. The molecule has 1 aromatic rings. The fourth-order valence-electron chi connectivity index (χ4n) is 4.04. The average molecular weight is 341 g/mol. The van der Waals surface area contributed by atoms with E-state index in [2.05, 4.69) is 69.6 Å². The van der Waals surface area contributed by atoms with Crippen LogP contribution in [0.2, 0.25) is 0 Å². The maximum absolute atomic E-state index is 6.62. The predicted octanol–water partition coefficient (Wildman–Crippen LogP) is 4.43. The molecular weight excluding hydrogens is 310 g/mol. The molecule has 25 heavy (non-hydrogen) atoms. The van der Waals surface area contributed by atoms with Gasteiger partial charge in [0, 0.05) is 11.5 Å². The van der Waals surface area contributed by atoms with E-state index in [-0.39, 0.29) is 17.3 Å². The zero-order valence-electron chi connectivity index (χ0n) is 16.3. The van der Waals surface area contributed by atoms with Crippen molar-refractivity contribution in [2.75, 3.05) is 19.6 Å². The second kappa shape index (κ2) is 7.02. The summed E-state index contributed by atoms with van der Waals surface area (Å²) < 4.78 is 12.9. The molecule has 0 spiro atoms. The molecule has 1 saturated heterocycles. The van der Waals surface area contributed by atoms with Crippen molar-refractivity contribution in [3.8, 4) is 17.6 Å². The van der Waals surface area contributed by atoms with Gasteiger partial charge in [-0.3, -0.25) is 4.90 Å². The fourth-order valence-corrected chi connectivity index (χ4v) is 4.04. The summed E-state index contributed by atoms with van der Waals surface area (Å²) in [6.45, 7) is 13.7. The molecule has 2 aliphatic rings. The van der Waals surface area contributed by atoms with Crippen LogP contribution in [0.15, 0.2) is 24.3 Å².